The number of carbonyl (C=O) groups is 2. The molecule has 19 heavy (non-hydrogen) atoms. The van der Waals surface area contributed by atoms with Crippen molar-refractivity contribution < 1.29 is 19.4 Å². The lowest BCUT2D eigenvalue weighted by atomic mass is 9.64. The molecule has 0 aliphatic heterocycles. The van der Waals surface area contributed by atoms with Crippen LogP contribution >= 0.6 is 0 Å². The minimum atomic E-state index is -1.03. The van der Waals surface area contributed by atoms with Gasteiger partial charge in [0.1, 0.15) is 6.04 Å². The Hall–Kier alpha value is -1.14. The first kappa shape index (κ1) is 15.9. The van der Waals surface area contributed by atoms with Gasteiger partial charge in [0.05, 0.1) is 6.10 Å². The Labute approximate surface area is 113 Å². The Kier molecular flexibility index (Phi) is 5.31. The van der Waals surface area contributed by atoms with E-state index in [2.05, 4.69) is 24.5 Å². The molecule has 0 aromatic carbocycles. The number of aliphatic carboxylic acids is 1. The summed E-state index contributed by atoms with van der Waals surface area (Å²) in [5.74, 6) is -1.37. The maximum absolute atomic E-state index is 11.0. The molecule has 0 spiro atoms. The summed E-state index contributed by atoms with van der Waals surface area (Å²) in [4.78, 5) is 21.9. The average molecular weight is 272 g/mol. The van der Waals surface area contributed by atoms with E-state index >= 15 is 0 Å². The summed E-state index contributed by atoms with van der Waals surface area (Å²) in [6.45, 7) is 8.39. The van der Waals surface area contributed by atoms with Gasteiger partial charge in [-0.25, -0.2) is 4.79 Å². The second kappa shape index (κ2) is 6.34. The summed E-state index contributed by atoms with van der Waals surface area (Å²) in [6, 6.07) is -0.681. The maximum atomic E-state index is 11.0. The van der Waals surface area contributed by atoms with Gasteiger partial charge in [-0.15, -0.1) is 0 Å². The smallest absolute Gasteiger partial charge is 0.327 e. The third kappa shape index (κ3) is 3.91. The number of hydrogen-bond donors (Lipinski definition) is 3. The average Bonchev–Trinajstić information content (AvgIpc) is 2.30. The standard InChI is InChI=1S/C13H24N2O4/c1-5-19-11-6-10(13(11,3)4)14-7-9(12(17)18)15-8(2)16/h9-11,14H,5-7H2,1-4H3,(H,15,16)(H,17,18). The zero-order chi connectivity index (χ0) is 14.6. The van der Waals surface area contributed by atoms with Crippen molar-refractivity contribution in [2.75, 3.05) is 13.2 Å². The lowest BCUT2D eigenvalue weighted by Gasteiger charge is -2.52. The zero-order valence-electron chi connectivity index (χ0n) is 12.0. The molecule has 0 saturated heterocycles. The van der Waals surface area contributed by atoms with Gasteiger partial charge in [-0.3, -0.25) is 4.79 Å². The summed E-state index contributed by atoms with van der Waals surface area (Å²) < 4.78 is 5.62. The van der Waals surface area contributed by atoms with Gasteiger partial charge in [-0.05, 0) is 13.3 Å². The Morgan fingerprint density at radius 2 is 2.11 bits per heavy atom. The predicted molar refractivity (Wildman–Crippen MR) is 70.8 cm³/mol. The topological polar surface area (TPSA) is 87.7 Å². The van der Waals surface area contributed by atoms with Crippen LogP contribution in [0.4, 0.5) is 0 Å². The molecule has 3 atom stereocenters. The molecule has 0 heterocycles. The highest BCUT2D eigenvalue weighted by molar-refractivity contribution is 5.82. The normalized spacial score (nSPS) is 26.3. The molecule has 110 valence electrons. The maximum Gasteiger partial charge on any atom is 0.327 e. The largest absolute Gasteiger partial charge is 0.480 e. The summed E-state index contributed by atoms with van der Waals surface area (Å²) in [6.07, 6.45) is 1.08. The van der Waals surface area contributed by atoms with Gasteiger partial charge in [0.15, 0.2) is 0 Å². The van der Waals surface area contributed by atoms with E-state index in [1.54, 1.807) is 0 Å². The van der Waals surface area contributed by atoms with Gasteiger partial charge < -0.3 is 20.5 Å². The fraction of sp³-hybridized carbons (Fsp3) is 0.846. The SMILES string of the molecule is CCOC1CC(NCC(NC(C)=O)C(=O)O)C1(C)C. The second-order valence-electron chi connectivity index (χ2n) is 5.55. The lowest BCUT2D eigenvalue weighted by molar-refractivity contribution is -0.142. The van der Waals surface area contributed by atoms with E-state index in [0.29, 0.717) is 6.61 Å². The van der Waals surface area contributed by atoms with Crippen molar-refractivity contribution in [3.8, 4) is 0 Å². The van der Waals surface area contributed by atoms with Gasteiger partial charge >= 0.3 is 5.97 Å². The van der Waals surface area contributed by atoms with E-state index in [0.717, 1.165) is 6.42 Å². The molecule has 6 nitrogen and oxygen atoms in total. The molecule has 1 rings (SSSR count). The van der Waals surface area contributed by atoms with Crippen LogP contribution in [0.15, 0.2) is 0 Å². The van der Waals surface area contributed by atoms with E-state index in [9.17, 15) is 9.59 Å². The van der Waals surface area contributed by atoms with Crippen molar-refractivity contribution in [3.63, 3.8) is 0 Å². The molecule has 0 bridgehead atoms. The van der Waals surface area contributed by atoms with E-state index in [1.165, 1.54) is 6.92 Å². The molecule has 0 radical (unpaired) electrons. The summed E-state index contributed by atoms with van der Waals surface area (Å²) in [5.41, 5.74) is -0.0186. The number of carboxylic acids is 1. The molecule has 1 fully saturated rings. The van der Waals surface area contributed by atoms with Crippen LogP contribution in [0.1, 0.15) is 34.1 Å². The first-order valence-electron chi connectivity index (χ1n) is 6.64. The Balaban J connectivity index is 2.44. The molecule has 1 saturated carbocycles. The van der Waals surface area contributed by atoms with Gasteiger partial charge in [-0.1, -0.05) is 13.8 Å². The lowest BCUT2D eigenvalue weighted by Crippen LogP contribution is -2.63. The Morgan fingerprint density at radius 3 is 2.53 bits per heavy atom. The second-order valence-corrected chi connectivity index (χ2v) is 5.55. The molecule has 1 aliphatic carbocycles. The van der Waals surface area contributed by atoms with E-state index < -0.39 is 12.0 Å². The van der Waals surface area contributed by atoms with E-state index in [4.69, 9.17) is 9.84 Å². The minimum absolute atomic E-state index is 0.0186. The minimum Gasteiger partial charge on any atom is -0.480 e. The van der Waals surface area contributed by atoms with Crippen LogP contribution in [0.25, 0.3) is 0 Å². The molecule has 1 amide bonds. The van der Waals surface area contributed by atoms with Crippen LogP contribution in [0.5, 0.6) is 0 Å². The van der Waals surface area contributed by atoms with Crippen molar-refractivity contribution >= 4 is 11.9 Å². The van der Waals surface area contributed by atoms with Gasteiger partial charge in [-0.2, -0.15) is 0 Å². The highest BCUT2D eigenvalue weighted by atomic mass is 16.5. The van der Waals surface area contributed by atoms with Crippen molar-refractivity contribution in [3.05, 3.63) is 0 Å². The van der Waals surface area contributed by atoms with Crippen molar-refractivity contribution in [1.82, 2.24) is 10.6 Å². The van der Waals surface area contributed by atoms with Crippen LogP contribution in [0.2, 0.25) is 0 Å². The molecular formula is C13H24N2O4. The fourth-order valence-electron chi connectivity index (χ4n) is 2.42. The van der Waals surface area contributed by atoms with Crippen LogP contribution < -0.4 is 10.6 Å². The predicted octanol–water partition coefficient (Wildman–Crippen LogP) is 0.369. The first-order valence-corrected chi connectivity index (χ1v) is 6.64. The highest BCUT2D eigenvalue weighted by Crippen LogP contribution is 2.42. The molecular weight excluding hydrogens is 248 g/mol. The Morgan fingerprint density at radius 1 is 1.47 bits per heavy atom. The quantitative estimate of drug-likeness (QED) is 0.623. The number of nitrogens with one attached hydrogen (secondary N) is 2. The highest BCUT2D eigenvalue weighted by Gasteiger charge is 2.48. The number of carbonyl (C=O) groups excluding carboxylic acids is 1. The van der Waals surface area contributed by atoms with Crippen LogP contribution in [0, 0.1) is 5.41 Å². The number of hydrogen-bond acceptors (Lipinski definition) is 4. The Bertz CT molecular complexity index is 344. The van der Waals surface area contributed by atoms with Crippen molar-refractivity contribution in [2.24, 2.45) is 5.41 Å². The third-order valence-electron chi connectivity index (χ3n) is 3.79. The number of ether oxygens (including phenoxy) is 1. The summed E-state index contributed by atoms with van der Waals surface area (Å²) in [5, 5.41) is 14.6. The molecule has 0 aromatic rings. The molecule has 6 heteroatoms. The van der Waals surface area contributed by atoms with Gasteiger partial charge in [0, 0.05) is 31.5 Å². The molecule has 1 aliphatic rings. The zero-order valence-corrected chi connectivity index (χ0v) is 12.0. The van der Waals surface area contributed by atoms with Crippen LogP contribution in [-0.4, -0.2) is 48.3 Å². The van der Waals surface area contributed by atoms with E-state index in [-0.39, 0.29) is 30.0 Å². The number of carboxylic acid groups (broad SMARTS) is 1. The van der Waals surface area contributed by atoms with Crippen molar-refractivity contribution in [2.45, 2.75) is 52.3 Å². The summed E-state index contributed by atoms with van der Waals surface area (Å²) >= 11 is 0. The summed E-state index contributed by atoms with van der Waals surface area (Å²) in [7, 11) is 0. The van der Waals surface area contributed by atoms with Gasteiger partial charge in [0.25, 0.3) is 0 Å². The molecule has 3 N–H and O–H groups in total. The first-order chi connectivity index (χ1) is 8.78. The van der Waals surface area contributed by atoms with Crippen LogP contribution in [-0.2, 0) is 14.3 Å². The molecule has 0 aromatic heterocycles. The third-order valence-corrected chi connectivity index (χ3v) is 3.79. The van der Waals surface area contributed by atoms with E-state index in [1.807, 2.05) is 6.92 Å². The fourth-order valence-corrected chi connectivity index (χ4v) is 2.42. The van der Waals surface area contributed by atoms with Gasteiger partial charge in [0.2, 0.25) is 5.91 Å². The number of amides is 1. The molecule has 3 unspecified atom stereocenters. The monoisotopic (exact) mass is 272 g/mol. The number of rotatable bonds is 7. The van der Waals surface area contributed by atoms with Crippen molar-refractivity contribution in [1.29, 1.82) is 0 Å². The van der Waals surface area contributed by atoms with Crippen LogP contribution in [0.3, 0.4) is 0 Å².